The van der Waals surface area contributed by atoms with Crippen LogP contribution in [0.5, 0.6) is 0 Å². The van der Waals surface area contributed by atoms with E-state index in [9.17, 15) is 34.2 Å². The van der Waals surface area contributed by atoms with E-state index < -0.39 is 41.7 Å². The molecule has 3 heterocycles. The maximum Gasteiger partial charge on any atom is 0.335 e. The molecule has 0 radical (unpaired) electrons. The zero-order chi connectivity index (χ0) is 41.3. The van der Waals surface area contributed by atoms with Crippen LogP contribution < -0.4 is 10.6 Å². The van der Waals surface area contributed by atoms with Gasteiger partial charge in [-0.1, -0.05) is 62.1 Å². The van der Waals surface area contributed by atoms with Gasteiger partial charge in [0.25, 0.3) is 5.91 Å². The highest BCUT2D eigenvalue weighted by Gasteiger charge is 2.37. The van der Waals surface area contributed by atoms with Crippen molar-refractivity contribution in [2.75, 3.05) is 31.5 Å². The third kappa shape index (κ3) is 9.64. The first-order valence-corrected chi connectivity index (χ1v) is 19.2. The van der Waals surface area contributed by atoms with Gasteiger partial charge < -0.3 is 25.7 Å². The van der Waals surface area contributed by atoms with Gasteiger partial charge in [0.2, 0.25) is 11.8 Å². The lowest BCUT2D eigenvalue weighted by atomic mass is 9.84. The smallest absolute Gasteiger partial charge is 0.335 e. The predicted molar refractivity (Wildman–Crippen MR) is 213 cm³/mol. The number of aromatic carboxylic acids is 1. The van der Waals surface area contributed by atoms with Crippen LogP contribution in [0.3, 0.4) is 0 Å². The number of halogens is 2. The summed E-state index contributed by atoms with van der Waals surface area (Å²) in [6.45, 7) is 3.18. The number of anilines is 1. The molecule has 0 bridgehead atoms. The van der Waals surface area contributed by atoms with Crippen molar-refractivity contribution in [2.45, 2.75) is 57.5 Å². The number of hydrogen-bond donors (Lipinski definition) is 4. The Bertz CT molecular complexity index is 2250. The minimum absolute atomic E-state index is 0.0358. The van der Waals surface area contributed by atoms with E-state index in [-0.39, 0.29) is 40.8 Å². The van der Waals surface area contributed by atoms with Gasteiger partial charge in [-0.2, -0.15) is 4.68 Å². The molecular formula is C41H42ClFN8O7. The third-order valence-corrected chi connectivity index (χ3v) is 10.5. The van der Waals surface area contributed by atoms with Crippen molar-refractivity contribution in [3.05, 3.63) is 112 Å². The van der Waals surface area contributed by atoms with Crippen LogP contribution in [0.4, 0.5) is 10.1 Å². The molecule has 4 N–H and O–H groups in total. The number of rotatable bonds is 15. The second-order valence-electron chi connectivity index (χ2n) is 14.0. The summed E-state index contributed by atoms with van der Waals surface area (Å²) in [6.07, 6.45) is 9.60. The topological polar surface area (TPSA) is 200 Å². The molecular weight excluding hydrogens is 771 g/mol. The van der Waals surface area contributed by atoms with E-state index in [1.165, 1.54) is 58.4 Å². The maximum atomic E-state index is 15.4. The highest BCUT2D eigenvalue weighted by molar-refractivity contribution is 6.31. The molecule has 0 saturated carbocycles. The summed E-state index contributed by atoms with van der Waals surface area (Å²) in [5.74, 6) is -4.45. The molecule has 1 aromatic heterocycles. The Morgan fingerprint density at radius 2 is 1.81 bits per heavy atom. The first-order chi connectivity index (χ1) is 27.9. The number of carbonyl (C=O) groups excluding carboxylic acids is 3. The number of aromatic nitrogens is 4. The molecule has 0 aliphatic carbocycles. The summed E-state index contributed by atoms with van der Waals surface area (Å²) < 4.78 is 16.6. The van der Waals surface area contributed by atoms with Crippen LogP contribution in [-0.2, 0) is 25.6 Å². The Morgan fingerprint density at radius 1 is 1.02 bits per heavy atom. The Balaban J connectivity index is 1.26. The number of hydrogen-bond acceptors (Lipinski definition) is 9. The number of carboxylic acid groups (broad SMARTS) is 2. The molecule has 2 aliphatic heterocycles. The van der Waals surface area contributed by atoms with E-state index in [0.29, 0.717) is 50.0 Å². The Hall–Kier alpha value is -6.26. The molecule has 0 fully saturated rings. The predicted octanol–water partition coefficient (Wildman–Crippen LogP) is 5.17. The second kappa shape index (κ2) is 18.8. The summed E-state index contributed by atoms with van der Waals surface area (Å²) >= 11 is 6.10. The van der Waals surface area contributed by atoms with Gasteiger partial charge in [0.15, 0.2) is 5.82 Å². The molecule has 58 heavy (non-hydrogen) atoms. The van der Waals surface area contributed by atoms with Crippen molar-refractivity contribution in [1.29, 1.82) is 0 Å². The quantitative estimate of drug-likeness (QED) is 0.0912. The fourth-order valence-corrected chi connectivity index (χ4v) is 7.40. The van der Waals surface area contributed by atoms with Crippen LogP contribution in [0.15, 0.2) is 73.1 Å². The zero-order valence-electron chi connectivity index (χ0n) is 31.6. The van der Waals surface area contributed by atoms with Crippen LogP contribution in [0.25, 0.3) is 17.3 Å². The van der Waals surface area contributed by atoms with Crippen molar-refractivity contribution in [2.24, 2.45) is 0 Å². The fourth-order valence-electron chi connectivity index (χ4n) is 7.23. The minimum atomic E-state index is -1.13. The summed E-state index contributed by atoms with van der Waals surface area (Å²) in [4.78, 5) is 67.6. The van der Waals surface area contributed by atoms with Crippen LogP contribution in [0.1, 0.15) is 77.7 Å². The molecule has 4 aromatic rings. The number of benzene rings is 3. The van der Waals surface area contributed by atoms with Gasteiger partial charge in [-0.05, 0) is 94.4 Å². The van der Waals surface area contributed by atoms with E-state index in [1.807, 2.05) is 30.0 Å². The van der Waals surface area contributed by atoms with Crippen LogP contribution >= 0.6 is 11.6 Å². The van der Waals surface area contributed by atoms with E-state index in [0.717, 1.165) is 35.6 Å². The standard InChI is InChI=1S/C41H42ClFN8O7/c1-2-3-4-8-33(41(57)58)46-35(52)23-49-20-17-25(18-21-49)28-6-5-7-30-29(28)19-22-50(38(30)39(54)45-27-11-9-26(10-12-27)40(55)56)36(53)16-13-31-34(51-24-44-47-48-51)15-14-32(42)37(31)43/h5-7,9-17,24,33,38H,2-4,8,18-23H2,1H3,(H,45,54)(H,46,52)(H,55,56)(H,57,58)/b16-13+/t33-,38?/m0/s1. The average Bonchev–Trinajstić information content (AvgIpc) is 3.76. The highest BCUT2D eigenvalue weighted by Crippen LogP contribution is 2.37. The summed E-state index contributed by atoms with van der Waals surface area (Å²) in [6, 6.07) is 12.0. The van der Waals surface area contributed by atoms with Crippen molar-refractivity contribution in [1.82, 2.24) is 35.3 Å². The number of nitrogens with one attached hydrogen (secondary N) is 2. The molecule has 0 spiro atoms. The van der Waals surface area contributed by atoms with Gasteiger partial charge >= 0.3 is 11.9 Å². The van der Waals surface area contributed by atoms with Crippen molar-refractivity contribution in [3.8, 4) is 5.69 Å². The Kier molecular flexibility index (Phi) is 13.4. The SMILES string of the molecule is CCCCC[C@H](NC(=O)CN1CC=C(c2cccc3c2CCN(C(=O)/C=C/c2c(-n4cnnn4)ccc(Cl)c2F)C3C(=O)Nc2ccc(C(=O)O)cc2)CC1)C(=O)O. The summed E-state index contributed by atoms with van der Waals surface area (Å²) in [5, 5.41) is 35.3. The third-order valence-electron chi connectivity index (χ3n) is 10.2. The maximum absolute atomic E-state index is 15.4. The number of fused-ring (bicyclic) bond motifs is 1. The van der Waals surface area contributed by atoms with Crippen LogP contribution in [-0.4, -0.2) is 102 Å². The number of carboxylic acids is 2. The van der Waals surface area contributed by atoms with Gasteiger partial charge in [0.1, 0.15) is 18.4 Å². The molecule has 1 unspecified atom stereocenters. The lowest BCUT2D eigenvalue weighted by molar-refractivity contribution is -0.142. The largest absolute Gasteiger partial charge is 0.480 e. The molecule has 17 heteroatoms. The van der Waals surface area contributed by atoms with E-state index in [1.54, 1.807) is 6.07 Å². The lowest BCUT2D eigenvalue weighted by Gasteiger charge is -2.37. The molecule has 2 aliphatic rings. The van der Waals surface area contributed by atoms with E-state index in [4.69, 9.17) is 11.6 Å². The zero-order valence-corrected chi connectivity index (χ0v) is 32.4. The molecule has 3 amide bonds. The van der Waals surface area contributed by atoms with Gasteiger partial charge in [-0.15, -0.1) is 5.10 Å². The van der Waals surface area contributed by atoms with Crippen LogP contribution in [0, 0.1) is 5.82 Å². The van der Waals surface area contributed by atoms with Gasteiger partial charge in [-0.25, -0.2) is 14.0 Å². The second-order valence-corrected chi connectivity index (χ2v) is 14.4. The number of amides is 3. The Morgan fingerprint density at radius 3 is 2.48 bits per heavy atom. The molecule has 302 valence electrons. The summed E-state index contributed by atoms with van der Waals surface area (Å²) in [5.41, 5.74) is 3.91. The lowest BCUT2D eigenvalue weighted by Crippen LogP contribution is -2.46. The van der Waals surface area contributed by atoms with Crippen LogP contribution in [0.2, 0.25) is 5.02 Å². The Labute approximate surface area is 338 Å². The van der Waals surface area contributed by atoms with Crippen molar-refractivity contribution in [3.63, 3.8) is 0 Å². The number of tetrazole rings is 1. The normalized spacial score (nSPS) is 16.0. The fraction of sp³-hybridized carbons (Fsp3) is 0.317. The molecule has 2 atom stereocenters. The van der Waals surface area contributed by atoms with Crippen molar-refractivity contribution < 1.29 is 38.6 Å². The average molecular weight is 813 g/mol. The molecule has 0 saturated heterocycles. The molecule has 15 nitrogen and oxygen atoms in total. The van der Waals surface area contributed by atoms with Gasteiger partial charge in [0.05, 0.1) is 22.8 Å². The number of nitrogens with zero attached hydrogens (tertiary/aromatic N) is 6. The first-order valence-electron chi connectivity index (χ1n) is 18.8. The minimum Gasteiger partial charge on any atom is -0.480 e. The molecule has 3 aromatic carbocycles. The van der Waals surface area contributed by atoms with E-state index in [2.05, 4.69) is 26.2 Å². The van der Waals surface area contributed by atoms with Gasteiger partial charge in [-0.3, -0.25) is 19.3 Å². The number of unbranched alkanes of at least 4 members (excludes halogenated alkanes) is 2. The monoisotopic (exact) mass is 812 g/mol. The first kappa shape index (κ1) is 41.4. The highest BCUT2D eigenvalue weighted by atomic mass is 35.5. The molecule has 6 rings (SSSR count). The number of aliphatic carboxylic acids is 1. The number of carbonyl (C=O) groups is 5. The summed E-state index contributed by atoms with van der Waals surface area (Å²) in [7, 11) is 0. The van der Waals surface area contributed by atoms with Crippen molar-refractivity contribution >= 4 is 58.6 Å². The van der Waals surface area contributed by atoms with E-state index >= 15 is 4.39 Å². The van der Waals surface area contributed by atoms with Gasteiger partial charge in [0, 0.05) is 37.0 Å².